The number of hydrogen-bond donors (Lipinski definition) is 1. The smallest absolute Gasteiger partial charge is 0.261 e. The van der Waals surface area contributed by atoms with Crippen molar-refractivity contribution in [3.05, 3.63) is 70.7 Å². The summed E-state index contributed by atoms with van der Waals surface area (Å²) in [6.45, 7) is 9.75. The van der Waals surface area contributed by atoms with Crippen molar-refractivity contribution in [2.75, 3.05) is 0 Å². The van der Waals surface area contributed by atoms with Gasteiger partial charge in [0.05, 0.1) is 5.03 Å². The SMILES string of the molecule is C=C/C(Cl)=C\C(Cl)=C\OC(CCC)C(=O)NCc1ccc(F)cc1.CC. The van der Waals surface area contributed by atoms with Gasteiger partial charge in [-0.25, -0.2) is 4.39 Å². The van der Waals surface area contributed by atoms with Crippen molar-refractivity contribution >= 4 is 29.1 Å². The summed E-state index contributed by atoms with van der Waals surface area (Å²) in [4.78, 5) is 12.2. The van der Waals surface area contributed by atoms with Crippen LogP contribution in [0.25, 0.3) is 0 Å². The molecule has 1 N–H and O–H groups in total. The predicted octanol–water partition coefficient (Wildman–Crippen LogP) is 6.04. The van der Waals surface area contributed by atoms with Crippen molar-refractivity contribution in [1.29, 1.82) is 0 Å². The van der Waals surface area contributed by atoms with Crippen molar-refractivity contribution in [1.82, 2.24) is 5.32 Å². The van der Waals surface area contributed by atoms with E-state index in [0.29, 0.717) is 18.0 Å². The van der Waals surface area contributed by atoms with Crippen LogP contribution in [0.4, 0.5) is 4.39 Å². The Labute approximate surface area is 165 Å². The Morgan fingerprint density at radius 1 is 1.27 bits per heavy atom. The van der Waals surface area contributed by atoms with E-state index in [1.54, 1.807) is 12.1 Å². The molecule has 0 saturated carbocycles. The quantitative estimate of drug-likeness (QED) is 0.404. The van der Waals surface area contributed by atoms with Crippen LogP contribution in [-0.4, -0.2) is 12.0 Å². The molecule has 1 amide bonds. The molecule has 1 aromatic carbocycles. The summed E-state index contributed by atoms with van der Waals surface area (Å²) in [7, 11) is 0. The van der Waals surface area contributed by atoms with Gasteiger partial charge in [0.15, 0.2) is 6.10 Å². The third-order valence-corrected chi connectivity index (χ3v) is 3.50. The maximum absolute atomic E-state index is 12.9. The van der Waals surface area contributed by atoms with Crippen LogP contribution in [0.3, 0.4) is 0 Å². The molecule has 1 rings (SSSR count). The lowest BCUT2D eigenvalue weighted by atomic mass is 10.2. The lowest BCUT2D eigenvalue weighted by molar-refractivity contribution is -0.130. The molecule has 0 aliphatic carbocycles. The molecule has 0 radical (unpaired) electrons. The molecule has 144 valence electrons. The second kappa shape index (κ2) is 14.4. The molecule has 3 nitrogen and oxygen atoms in total. The van der Waals surface area contributed by atoms with E-state index in [1.165, 1.54) is 30.5 Å². The first kappa shape index (κ1) is 24.2. The topological polar surface area (TPSA) is 38.3 Å². The summed E-state index contributed by atoms with van der Waals surface area (Å²) in [6, 6.07) is 5.92. The third-order valence-electron chi connectivity index (χ3n) is 3.04. The number of nitrogens with one attached hydrogen (secondary N) is 1. The third kappa shape index (κ3) is 10.3. The average molecular weight is 402 g/mol. The summed E-state index contributed by atoms with van der Waals surface area (Å²) >= 11 is 11.7. The minimum atomic E-state index is -0.667. The van der Waals surface area contributed by atoms with Gasteiger partial charge in [0.1, 0.15) is 12.1 Å². The number of carbonyl (C=O) groups excluding carboxylic acids is 1. The molecule has 0 aromatic heterocycles. The van der Waals surface area contributed by atoms with Crippen molar-refractivity contribution < 1.29 is 13.9 Å². The van der Waals surface area contributed by atoms with Crippen LogP contribution in [-0.2, 0) is 16.1 Å². The molecular weight excluding hydrogens is 376 g/mol. The zero-order valence-electron chi connectivity index (χ0n) is 15.4. The summed E-state index contributed by atoms with van der Waals surface area (Å²) in [6.07, 6.45) is 4.83. The average Bonchev–Trinajstić information content (AvgIpc) is 2.65. The monoisotopic (exact) mass is 401 g/mol. The van der Waals surface area contributed by atoms with E-state index in [-0.39, 0.29) is 16.8 Å². The highest BCUT2D eigenvalue weighted by molar-refractivity contribution is 6.35. The Kier molecular flexibility index (Phi) is 13.4. The van der Waals surface area contributed by atoms with Crippen molar-refractivity contribution in [3.63, 3.8) is 0 Å². The van der Waals surface area contributed by atoms with Crippen LogP contribution >= 0.6 is 23.2 Å². The number of ether oxygens (including phenoxy) is 1. The van der Waals surface area contributed by atoms with Crippen molar-refractivity contribution in [2.24, 2.45) is 0 Å². The van der Waals surface area contributed by atoms with Gasteiger partial charge in [-0.15, -0.1) is 0 Å². The van der Waals surface area contributed by atoms with Gasteiger partial charge in [-0.3, -0.25) is 4.79 Å². The van der Waals surface area contributed by atoms with E-state index in [0.717, 1.165) is 12.0 Å². The Balaban J connectivity index is 0.00000301. The van der Waals surface area contributed by atoms with E-state index in [1.807, 2.05) is 20.8 Å². The van der Waals surface area contributed by atoms with Gasteiger partial charge < -0.3 is 10.1 Å². The molecule has 0 aliphatic rings. The van der Waals surface area contributed by atoms with Crippen LogP contribution < -0.4 is 5.32 Å². The van der Waals surface area contributed by atoms with Gasteiger partial charge in [-0.2, -0.15) is 0 Å². The Hall–Kier alpha value is -1.78. The van der Waals surface area contributed by atoms with Gasteiger partial charge in [0, 0.05) is 11.6 Å². The molecule has 1 unspecified atom stereocenters. The summed E-state index contributed by atoms with van der Waals surface area (Å²) in [5, 5.41) is 3.39. The van der Waals surface area contributed by atoms with E-state index in [4.69, 9.17) is 27.9 Å². The van der Waals surface area contributed by atoms with E-state index in [2.05, 4.69) is 11.9 Å². The van der Waals surface area contributed by atoms with Crippen LogP contribution in [0.2, 0.25) is 0 Å². The summed E-state index contributed by atoms with van der Waals surface area (Å²) in [5.41, 5.74) is 0.800. The second-order valence-corrected chi connectivity index (χ2v) is 5.87. The van der Waals surface area contributed by atoms with Gasteiger partial charge in [0.2, 0.25) is 0 Å². The number of allylic oxidation sites excluding steroid dienone is 4. The molecule has 0 fully saturated rings. The fourth-order valence-corrected chi connectivity index (χ4v) is 2.14. The van der Waals surface area contributed by atoms with Crippen LogP contribution in [0.15, 0.2) is 59.3 Å². The standard InChI is InChI=1S/C18H20Cl2FNO2.C2H6/c1-3-5-17(24-12-15(20)10-14(19)4-2)18(23)22-11-13-6-8-16(21)9-7-13;1-2/h4,6-10,12,17H,2-3,5,11H2,1H3,(H,22,23);1-2H3/b14-10+,15-12-;. The van der Waals surface area contributed by atoms with Gasteiger partial charge >= 0.3 is 0 Å². The molecular formula is C20H26Cl2FNO2. The predicted molar refractivity (Wildman–Crippen MR) is 107 cm³/mol. The fourth-order valence-electron chi connectivity index (χ4n) is 1.80. The van der Waals surface area contributed by atoms with Crippen LogP contribution in [0.5, 0.6) is 0 Å². The first-order valence-electron chi connectivity index (χ1n) is 8.49. The van der Waals surface area contributed by atoms with Crippen molar-refractivity contribution in [3.8, 4) is 0 Å². The number of carbonyl (C=O) groups is 1. The second-order valence-electron chi connectivity index (χ2n) is 4.99. The molecule has 0 saturated heterocycles. The van der Waals surface area contributed by atoms with Gasteiger partial charge in [-0.05, 0) is 30.2 Å². The molecule has 1 aromatic rings. The largest absolute Gasteiger partial charge is 0.487 e. The number of amides is 1. The molecule has 1 atom stereocenters. The fraction of sp³-hybridized carbons (Fsp3) is 0.350. The normalized spacial score (nSPS) is 12.5. The molecule has 0 spiro atoms. The molecule has 6 heteroatoms. The van der Waals surface area contributed by atoms with E-state index >= 15 is 0 Å². The minimum absolute atomic E-state index is 0.257. The first-order valence-corrected chi connectivity index (χ1v) is 9.24. The minimum Gasteiger partial charge on any atom is -0.487 e. The number of benzene rings is 1. The highest BCUT2D eigenvalue weighted by atomic mass is 35.5. The van der Waals surface area contributed by atoms with E-state index in [9.17, 15) is 9.18 Å². The lowest BCUT2D eigenvalue weighted by Crippen LogP contribution is -2.35. The first-order chi connectivity index (χ1) is 12.5. The number of rotatable bonds is 9. The van der Waals surface area contributed by atoms with Crippen LogP contribution in [0.1, 0.15) is 39.2 Å². The zero-order valence-corrected chi connectivity index (χ0v) is 16.9. The maximum Gasteiger partial charge on any atom is 0.261 e. The van der Waals surface area contributed by atoms with Gasteiger partial charge in [-0.1, -0.05) is 75.2 Å². The van der Waals surface area contributed by atoms with Gasteiger partial charge in [0.25, 0.3) is 5.91 Å². The lowest BCUT2D eigenvalue weighted by Gasteiger charge is -2.16. The molecule has 0 bridgehead atoms. The Bertz CT molecular complexity index is 613. The Morgan fingerprint density at radius 2 is 1.88 bits per heavy atom. The number of halogens is 3. The van der Waals surface area contributed by atoms with Crippen LogP contribution in [0, 0.1) is 5.82 Å². The zero-order chi connectivity index (χ0) is 19.9. The summed E-state index contributed by atoms with van der Waals surface area (Å²) < 4.78 is 18.3. The molecule has 0 heterocycles. The Morgan fingerprint density at radius 3 is 2.42 bits per heavy atom. The molecule has 0 aliphatic heterocycles. The maximum atomic E-state index is 12.9. The van der Waals surface area contributed by atoms with E-state index < -0.39 is 6.10 Å². The van der Waals surface area contributed by atoms with Crippen molar-refractivity contribution in [2.45, 2.75) is 46.3 Å². The summed E-state index contributed by atoms with van der Waals surface area (Å²) in [5.74, 6) is -0.580. The molecule has 26 heavy (non-hydrogen) atoms. The highest BCUT2D eigenvalue weighted by Crippen LogP contribution is 2.13. The highest BCUT2D eigenvalue weighted by Gasteiger charge is 2.17. The number of hydrogen-bond acceptors (Lipinski definition) is 2.